The van der Waals surface area contributed by atoms with Crippen LogP contribution in [0.5, 0.6) is 0 Å². The van der Waals surface area contributed by atoms with E-state index in [0.29, 0.717) is 0 Å². The number of nitrogens with one attached hydrogen (secondary N) is 1. The number of hydrogen-bond acceptors (Lipinski definition) is 2. The van der Waals surface area contributed by atoms with Crippen molar-refractivity contribution in [3.8, 4) is 0 Å². The van der Waals surface area contributed by atoms with Crippen molar-refractivity contribution in [1.82, 2.24) is 5.32 Å². The fourth-order valence-corrected chi connectivity index (χ4v) is 5.63. The lowest BCUT2D eigenvalue weighted by molar-refractivity contribution is -0.0474. The van der Waals surface area contributed by atoms with Gasteiger partial charge in [-0.15, -0.1) is 0 Å². The summed E-state index contributed by atoms with van der Waals surface area (Å²) in [4.78, 5) is 0. The van der Waals surface area contributed by atoms with Gasteiger partial charge in [-0.2, -0.15) is 0 Å². The average Bonchev–Trinajstić information content (AvgIpc) is 2.44. The zero-order chi connectivity index (χ0) is 12.4. The second-order valence-corrected chi connectivity index (χ2v) is 7.19. The minimum atomic E-state index is 0.247. The van der Waals surface area contributed by atoms with Gasteiger partial charge in [-0.1, -0.05) is 6.08 Å². The summed E-state index contributed by atoms with van der Waals surface area (Å²) < 4.78 is 5.71. The van der Waals surface area contributed by atoms with Crippen molar-refractivity contribution in [3.05, 3.63) is 35.8 Å². The van der Waals surface area contributed by atoms with Gasteiger partial charge in [-0.3, -0.25) is 0 Å². The Hall–Kier alpha value is -1.18. The van der Waals surface area contributed by atoms with E-state index in [1.807, 2.05) is 0 Å². The summed E-state index contributed by atoms with van der Waals surface area (Å²) in [5.74, 6) is 4.80. The molecule has 4 fully saturated rings. The molecule has 2 nitrogen and oxygen atoms in total. The van der Waals surface area contributed by atoms with Crippen LogP contribution in [0.1, 0.15) is 32.1 Å². The Morgan fingerprint density at radius 2 is 1.74 bits per heavy atom. The van der Waals surface area contributed by atoms with Crippen molar-refractivity contribution in [1.29, 1.82) is 0 Å². The Bertz CT molecular complexity index is 485. The average molecular weight is 255 g/mol. The molecule has 100 valence electrons. The van der Waals surface area contributed by atoms with Gasteiger partial charge in [0.15, 0.2) is 0 Å². The molecule has 4 aliphatic carbocycles. The van der Waals surface area contributed by atoms with E-state index in [1.165, 1.54) is 37.8 Å². The molecule has 6 rings (SSSR count). The number of ether oxygens (including phenoxy) is 1. The third-order valence-electron chi connectivity index (χ3n) is 6.24. The Morgan fingerprint density at radius 3 is 2.47 bits per heavy atom. The largest absolute Gasteiger partial charge is 0.487 e. The van der Waals surface area contributed by atoms with E-state index in [1.54, 1.807) is 0 Å². The minimum absolute atomic E-state index is 0.247. The first-order valence-electron chi connectivity index (χ1n) is 7.84. The Kier molecular flexibility index (Phi) is 1.93. The van der Waals surface area contributed by atoms with E-state index in [4.69, 9.17) is 4.74 Å². The van der Waals surface area contributed by atoms with E-state index in [2.05, 4.69) is 29.6 Å². The minimum Gasteiger partial charge on any atom is -0.487 e. The second-order valence-electron chi connectivity index (χ2n) is 7.19. The van der Waals surface area contributed by atoms with Gasteiger partial charge in [0.05, 0.1) is 11.2 Å². The van der Waals surface area contributed by atoms with Crippen LogP contribution in [0.25, 0.3) is 0 Å². The van der Waals surface area contributed by atoms with Crippen molar-refractivity contribution < 1.29 is 4.74 Å². The quantitative estimate of drug-likeness (QED) is 0.718. The van der Waals surface area contributed by atoms with E-state index in [0.717, 1.165) is 36.0 Å². The number of dihydropyridines is 1. The maximum Gasteiger partial charge on any atom is 0.142 e. The molecule has 2 aliphatic heterocycles. The van der Waals surface area contributed by atoms with Crippen LogP contribution in [0.3, 0.4) is 0 Å². The molecular weight excluding hydrogens is 234 g/mol. The number of allylic oxidation sites excluding steroid dienone is 2. The van der Waals surface area contributed by atoms with Crippen LogP contribution in [0, 0.1) is 23.7 Å². The first-order valence-corrected chi connectivity index (χ1v) is 7.84. The molecule has 0 atom stereocenters. The first kappa shape index (κ1) is 10.6. The highest BCUT2D eigenvalue weighted by atomic mass is 16.5. The summed E-state index contributed by atoms with van der Waals surface area (Å²) in [6, 6.07) is 0. The van der Waals surface area contributed by atoms with Crippen LogP contribution >= 0.6 is 0 Å². The Balaban J connectivity index is 1.54. The van der Waals surface area contributed by atoms with Crippen LogP contribution in [0.15, 0.2) is 35.8 Å². The molecular formula is C17H21NO. The number of hydrogen-bond donors (Lipinski definition) is 1. The monoisotopic (exact) mass is 255 g/mol. The maximum absolute atomic E-state index is 5.71. The SMILES string of the molecule is C1=CC2=C(C=CC3(N2)C2CC4CC(C2)CC3C4)OC1. The molecule has 0 amide bonds. The number of rotatable bonds is 0. The third-order valence-corrected chi connectivity index (χ3v) is 6.24. The molecule has 0 aromatic rings. The van der Waals surface area contributed by atoms with E-state index >= 15 is 0 Å². The van der Waals surface area contributed by atoms with Gasteiger partial charge in [-0.25, -0.2) is 0 Å². The van der Waals surface area contributed by atoms with Crippen LogP contribution < -0.4 is 5.32 Å². The predicted octanol–water partition coefficient (Wildman–Crippen LogP) is 3.14. The Labute approximate surface area is 114 Å². The van der Waals surface area contributed by atoms with Gasteiger partial charge in [-0.05, 0) is 74.0 Å². The van der Waals surface area contributed by atoms with Crippen LogP contribution in [0.4, 0.5) is 0 Å². The molecule has 1 spiro atoms. The highest BCUT2D eigenvalue weighted by molar-refractivity contribution is 5.40. The highest BCUT2D eigenvalue weighted by Crippen LogP contribution is 2.59. The lowest BCUT2D eigenvalue weighted by Gasteiger charge is -2.61. The zero-order valence-electron chi connectivity index (χ0n) is 11.3. The van der Waals surface area contributed by atoms with Crippen molar-refractivity contribution in [2.24, 2.45) is 23.7 Å². The summed E-state index contributed by atoms with van der Waals surface area (Å²) in [5, 5.41) is 3.89. The molecule has 0 aromatic heterocycles. The molecule has 2 heterocycles. The van der Waals surface area contributed by atoms with Crippen molar-refractivity contribution >= 4 is 0 Å². The van der Waals surface area contributed by atoms with Crippen molar-refractivity contribution in [3.63, 3.8) is 0 Å². The van der Waals surface area contributed by atoms with E-state index < -0.39 is 0 Å². The van der Waals surface area contributed by atoms with Crippen LogP contribution in [0.2, 0.25) is 0 Å². The summed E-state index contributed by atoms with van der Waals surface area (Å²) in [7, 11) is 0. The van der Waals surface area contributed by atoms with Gasteiger partial charge in [0.25, 0.3) is 0 Å². The van der Waals surface area contributed by atoms with E-state index in [-0.39, 0.29) is 5.54 Å². The second kappa shape index (κ2) is 3.47. The van der Waals surface area contributed by atoms with Gasteiger partial charge >= 0.3 is 0 Å². The fourth-order valence-electron chi connectivity index (χ4n) is 5.63. The summed E-state index contributed by atoms with van der Waals surface area (Å²) in [6.07, 6.45) is 16.3. The molecule has 1 N–H and O–H groups in total. The van der Waals surface area contributed by atoms with Gasteiger partial charge < -0.3 is 10.1 Å². The van der Waals surface area contributed by atoms with Crippen molar-refractivity contribution in [2.45, 2.75) is 37.6 Å². The van der Waals surface area contributed by atoms with E-state index in [9.17, 15) is 0 Å². The molecule has 19 heavy (non-hydrogen) atoms. The molecule has 0 aromatic carbocycles. The highest BCUT2D eigenvalue weighted by Gasteiger charge is 2.56. The van der Waals surface area contributed by atoms with Gasteiger partial charge in [0.2, 0.25) is 0 Å². The zero-order valence-corrected chi connectivity index (χ0v) is 11.3. The topological polar surface area (TPSA) is 21.3 Å². The molecule has 2 heteroatoms. The predicted molar refractivity (Wildman–Crippen MR) is 74.2 cm³/mol. The smallest absolute Gasteiger partial charge is 0.142 e. The molecule has 4 bridgehead atoms. The summed E-state index contributed by atoms with van der Waals surface area (Å²) in [6.45, 7) is 0.717. The molecule has 0 unspecified atom stereocenters. The lowest BCUT2D eigenvalue weighted by atomic mass is 9.48. The van der Waals surface area contributed by atoms with Gasteiger partial charge in [0, 0.05) is 0 Å². The first-order chi connectivity index (χ1) is 9.33. The molecule has 0 saturated heterocycles. The molecule has 0 radical (unpaired) electrons. The van der Waals surface area contributed by atoms with Crippen molar-refractivity contribution in [2.75, 3.05) is 6.61 Å². The molecule has 4 saturated carbocycles. The Morgan fingerprint density at radius 1 is 1.00 bits per heavy atom. The normalized spacial score (nSPS) is 49.3. The fraction of sp³-hybridized carbons (Fsp3) is 0.647. The lowest BCUT2D eigenvalue weighted by Crippen LogP contribution is -2.64. The van der Waals surface area contributed by atoms with Crippen LogP contribution in [-0.2, 0) is 4.74 Å². The summed E-state index contributed by atoms with van der Waals surface area (Å²) >= 11 is 0. The maximum atomic E-state index is 5.71. The third kappa shape index (κ3) is 1.32. The standard InChI is InChI=1S/C17H21NO/c1-2-15-16(19-5-1)3-4-17(18-15)13-7-11-6-12(9-13)10-14(17)8-11/h1-4,11-14,18H,5-10H2. The van der Waals surface area contributed by atoms with Gasteiger partial charge in [0.1, 0.15) is 12.4 Å². The molecule has 6 aliphatic rings. The van der Waals surface area contributed by atoms with Crippen LogP contribution in [-0.4, -0.2) is 12.1 Å². The summed E-state index contributed by atoms with van der Waals surface area (Å²) in [5.41, 5.74) is 1.47.